The third-order valence-corrected chi connectivity index (χ3v) is 4.27. The molecule has 4 N–H and O–H groups in total. The highest BCUT2D eigenvalue weighted by Gasteiger charge is 2.45. The Hall–Kier alpha value is -1.80. The van der Waals surface area contributed by atoms with Crippen molar-refractivity contribution in [1.82, 2.24) is 10.6 Å². The van der Waals surface area contributed by atoms with E-state index in [9.17, 15) is 9.59 Å². The topological polar surface area (TPSA) is 103 Å². The summed E-state index contributed by atoms with van der Waals surface area (Å²) >= 11 is 4.84. The third-order valence-electron chi connectivity index (χ3n) is 4.12. The molecule has 9 heteroatoms. The number of allylic oxidation sites excluding steroid dienone is 1. The number of nitrogens with one attached hydrogen (secondary N) is 2. The second-order valence-corrected chi connectivity index (χ2v) is 6.24. The summed E-state index contributed by atoms with van der Waals surface area (Å²) in [6, 6.07) is 0. The maximum Gasteiger partial charge on any atom is 0.336 e. The van der Waals surface area contributed by atoms with Gasteiger partial charge in [0.1, 0.15) is 0 Å². The van der Waals surface area contributed by atoms with Crippen molar-refractivity contribution in [2.75, 3.05) is 20.3 Å². The molecule has 0 aromatic heterocycles. The van der Waals surface area contributed by atoms with Crippen molar-refractivity contribution in [3.05, 3.63) is 22.5 Å². The van der Waals surface area contributed by atoms with Crippen molar-refractivity contribution in [2.24, 2.45) is 17.6 Å². The van der Waals surface area contributed by atoms with Gasteiger partial charge in [0.25, 0.3) is 0 Å². The maximum atomic E-state index is 12.6. The largest absolute Gasteiger partial charge is 0.466 e. The second-order valence-electron chi connectivity index (χ2n) is 5.80. The molecule has 0 aromatic rings. The molecule has 1 saturated carbocycles. The molecule has 1 aliphatic heterocycles. The molecule has 140 valence electrons. The third kappa shape index (κ3) is 4.85. The summed E-state index contributed by atoms with van der Waals surface area (Å²) in [5.41, 5.74) is 7.74. The number of hydrogen-bond donors (Lipinski definition) is 3. The number of rotatable bonds is 6. The Balaban J connectivity index is 0.00000312. The molecule has 1 atom stereocenters. The highest BCUT2D eigenvalue weighted by Crippen LogP contribution is 2.47. The van der Waals surface area contributed by atoms with Crippen LogP contribution in [0, 0.1) is 11.8 Å². The molecule has 2 rings (SSSR count). The number of thiocarbonyl (C=S) groups is 1. The quantitative estimate of drug-likeness (QED) is 0.459. The van der Waals surface area contributed by atoms with E-state index in [-0.39, 0.29) is 42.5 Å². The SMILES string of the molecule is CCOC(=O)C1=C(CNC(N)=S)NC(C)=C(C(=O)OC)C1C1CC1.Cl. The van der Waals surface area contributed by atoms with Gasteiger partial charge in [-0.3, -0.25) is 0 Å². The lowest BCUT2D eigenvalue weighted by Gasteiger charge is -2.31. The minimum absolute atomic E-state index is 0. The number of hydrogen-bond acceptors (Lipinski definition) is 6. The predicted octanol–water partition coefficient (Wildman–Crippen LogP) is 1.14. The number of dihydropyridines is 1. The molecule has 0 radical (unpaired) electrons. The summed E-state index contributed by atoms with van der Waals surface area (Å²) in [5.74, 6) is -0.966. The first kappa shape index (κ1) is 21.2. The van der Waals surface area contributed by atoms with Crippen LogP contribution in [-0.4, -0.2) is 37.3 Å². The van der Waals surface area contributed by atoms with Gasteiger partial charge < -0.3 is 25.8 Å². The van der Waals surface area contributed by atoms with E-state index in [2.05, 4.69) is 10.6 Å². The van der Waals surface area contributed by atoms with Crippen molar-refractivity contribution in [3.8, 4) is 0 Å². The molecule has 25 heavy (non-hydrogen) atoms. The molecule has 1 unspecified atom stereocenters. The van der Waals surface area contributed by atoms with Crippen LogP contribution >= 0.6 is 24.6 Å². The van der Waals surface area contributed by atoms with Crippen molar-refractivity contribution < 1.29 is 19.1 Å². The zero-order chi connectivity index (χ0) is 17.9. The van der Waals surface area contributed by atoms with E-state index < -0.39 is 11.9 Å². The number of methoxy groups -OCH3 is 1. The average molecular weight is 390 g/mol. The summed E-state index contributed by atoms with van der Waals surface area (Å²) in [4.78, 5) is 24.8. The molecule has 1 aliphatic carbocycles. The lowest BCUT2D eigenvalue weighted by Crippen LogP contribution is -2.40. The van der Waals surface area contributed by atoms with Gasteiger partial charge in [0.2, 0.25) is 0 Å². The molecule has 2 aliphatic rings. The Morgan fingerprint density at radius 1 is 1.32 bits per heavy atom. The Morgan fingerprint density at radius 2 is 1.96 bits per heavy atom. The minimum atomic E-state index is -0.435. The van der Waals surface area contributed by atoms with Crippen LogP contribution in [0.15, 0.2) is 22.5 Å². The van der Waals surface area contributed by atoms with Gasteiger partial charge in [-0.15, -0.1) is 12.4 Å². The van der Waals surface area contributed by atoms with Crippen LogP contribution in [0.4, 0.5) is 0 Å². The van der Waals surface area contributed by atoms with Gasteiger partial charge in [-0.25, -0.2) is 9.59 Å². The summed E-state index contributed by atoms with van der Waals surface area (Å²) in [5, 5.41) is 6.10. The zero-order valence-corrected chi connectivity index (χ0v) is 16.1. The Bertz CT molecular complexity index is 629. The Labute approximate surface area is 158 Å². The minimum Gasteiger partial charge on any atom is -0.466 e. The van der Waals surface area contributed by atoms with Gasteiger partial charge >= 0.3 is 11.9 Å². The van der Waals surface area contributed by atoms with Crippen LogP contribution in [-0.2, 0) is 19.1 Å². The lowest BCUT2D eigenvalue weighted by atomic mass is 9.81. The van der Waals surface area contributed by atoms with Crippen LogP contribution in [0.3, 0.4) is 0 Å². The number of carbonyl (C=O) groups excluding carboxylic acids is 2. The first-order valence-corrected chi connectivity index (χ1v) is 8.31. The van der Waals surface area contributed by atoms with Crippen molar-refractivity contribution in [3.63, 3.8) is 0 Å². The van der Waals surface area contributed by atoms with Crippen LogP contribution in [0.5, 0.6) is 0 Å². The normalized spacial score (nSPS) is 19.6. The lowest BCUT2D eigenvalue weighted by molar-refractivity contribution is -0.139. The molecule has 0 aromatic carbocycles. The molecule has 0 bridgehead atoms. The van der Waals surface area contributed by atoms with Crippen molar-refractivity contribution in [1.29, 1.82) is 0 Å². The van der Waals surface area contributed by atoms with E-state index >= 15 is 0 Å². The van der Waals surface area contributed by atoms with Gasteiger partial charge in [0, 0.05) is 17.3 Å². The summed E-state index contributed by atoms with van der Waals surface area (Å²) < 4.78 is 10.1. The van der Waals surface area contributed by atoms with E-state index in [1.807, 2.05) is 0 Å². The summed E-state index contributed by atoms with van der Waals surface area (Å²) in [6.45, 7) is 4.06. The van der Waals surface area contributed by atoms with E-state index in [0.717, 1.165) is 12.8 Å². The number of nitrogens with two attached hydrogens (primary N) is 1. The number of halogens is 1. The van der Waals surface area contributed by atoms with E-state index in [4.69, 9.17) is 27.4 Å². The van der Waals surface area contributed by atoms with E-state index in [0.29, 0.717) is 22.5 Å². The molecule has 7 nitrogen and oxygen atoms in total. The van der Waals surface area contributed by atoms with E-state index in [1.165, 1.54) is 7.11 Å². The molecule has 1 heterocycles. The maximum absolute atomic E-state index is 12.6. The van der Waals surface area contributed by atoms with Gasteiger partial charge in [-0.1, -0.05) is 0 Å². The number of ether oxygens (including phenoxy) is 2. The van der Waals surface area contributed by atoms with E-state index in [1.54, 1.807) is 13.8 Å². The second kappa shape index (κ2) is 9.05. The molecule has 1 fully saturated rings. The molecular weight excluding hydrogens is 366 g/mol. The standard InChI is InChI=1S/C16H23N3O4S.ClH/c1-4-23-15(21)13-10(7-18-16(17)24)19-8(2)11(14(20)22-3)12(13)9-5-6-9;/h9,12,19H,4-7H2,1-3H3,(H3,17,18,24);1H. The average Bonchev–Trinajstić information content (AvgIpc) is 3.36. The molecule has 0 amide bonds. The highest BCUT2D eigenvalue weighted by atomic mass is 35.5. The van der Waals surface area contributed by atoms with Gasteiger partial charge in [0.15, 0.2) is 5.11 Å². The Morgan fingerprint density at radius 3 is 2.44 bits per heavy atom. The van der Waals surface area contributed by atoms with Crippen LogP contribution in [0.2, 0.25) is 0 Å². The first-order chi connectivity index (χ1) is 11.4. The van der Waals surface area contributed by atoms with Crippen molar-refractivity contribution >= 4 is 41.7 Å². The van der Waals surface area contributed by atoms with Crippen LogP contribution < -0.4 is 16.4 Å². The molecule has 0 saturated heterocycles. The fraction of sp³-hybridized carbons (Fsp3) is 0.562. The van der Waals surface area contributed by atoms with Crippen LogP contribution in [0.1, 0.15) is 26.7 Å². The van der Waals surface area contributed by atoms with Gasteiger partial charge in [0.05, 0.1) is 31.4 Å². The monoisotopic (exact) mass is 389 g/mol. The first-order valence-electron chi connectivity index (χ1n) is 7.90. The molecular formula is C16H24ClN3O4S. The molecule has 0 spiro atoms. The predicted molar refractivity (Wildman–Crippen MR) is 99.8 cm³/mol. The number of carbonyl (C=O) groups is 2. The fourth-order valence-corrected chi connectivity index (χ4v) is 3.06. The Kier molecular flexibility index (Phi) is 7.69. The smallest absolute Gasteiger partial charge is 0.336 e. The zero-order valence-electron chi connectivity index (χ0n) is 14.5. The van der Waals surface area contributed by atoms with Gasteiger partial charge in [-0.05, 0) is 44.8 Å². The summed E-state index contributed by atoms with van der Waals surface area (Å²) in [7, 11) is 1.34. The van der Waals surface area contributed by atoms with Crippen LogP contribution in [0.25, 0.3) is 0 Å². The highest BCUT2D eigenvalue weighted by molar-refractivity contribution is 7.80. The fourth-order valence-electron chi connectivity index (χ4n) is 2.99. The van der Waals surface area contributed by atoms with Gasteiger partial charge in [-0.2, -0.15) is 0 Å². The van der Waals surface area contributed by atoms with Crippen molar-refractivity contribution in [2.45, 2.75) is 26.7 Å². The number of esters is 2. The summed E-state index contributed by atoms with van der Waals surface area (Å²) in [6.07, 6.45) is 1.91.